The largest absolute Gasteiger partial charge is 0.481 e. The summed E-state index contributed by atoms with van der Waals surface area (Å²) in [5.41, 5.74) is 2.45. The summed E-state index contributed by atoms with van der Waals surface area (Å²) in [4.78, 5) is 16.3. The third-order valence-electron chi connectivity index (χ3n) is 3.06. The number of benzene rings is 1. The van der Waals surface area contributed by atoms with Gasteiger partial charge in [0.2, 0.25) is 5.89 Å². The number of carboxylic acid groups (broad SMARTS) is 1. The highest BCUT2D eigenvalue weighted by molar-refractivity contribution is 7.13. The average molecular weight is 299 g/mol. The lowest BCUT2D eigenvalue weighted by molar-refractivity contribution is -0.136. The molecule has 3 rings (SSSR count). The van der Waals surface area contributed by atoms with Crippen LogP contribution < -0.4 is 0 Å². The Hall–Kier alpha value is -2.40. The van der Waals surface area contributed by atoms with E-state index in [9.17, 15) is 4.79 Å². The molecule has 0 fully saturated rings. The number of carbonyl (C=O) groups is 1. The van der Waals surface area contributed by atoms with Crippen LogP contribution in [0.25, 0.3) is 22.1 Å². The minimum atomic E-state index is -0.920. The number of hydrogen-bond acceptors (Lipinski definition) is 4. The summed E-state index contributed by atoms with van der Waals surface area (Å²) in [5.74, 6) is 0.0780. The fourth-order valence-electron chi connectivity index (χ4n) is 2.03. The maximum Gasteiger partial charge on any atom is 0.309 e. The van der Waals surface area contributed by atoms with Gasteiger partial charge >= 0.3 is 5.97 Å². The molecule has 0 spiro atoms. The number of carboxylic acids is 1. The van der Waals surface area contributed by atoms with Gasteiger partial charge in [-0.05, 0) is 30.5 Å². The highest BCUT2D eigenvalue weighted by Gasteiger charge is 2.19. The molecule has 1 aromatic carbocycles. The number of oxazole rings is 1. The molecular formula is C16H13NO3S. The van der Waals surface area contributed by atoms with E-state index < -0.39 is 5.97 Å². The Balaban J connectivity index is 2.07. The standard InChI is InChI=1S/C16H13NO3S/c1-10-4-6-11(7-5-10)16-17-12(9-14(18)19)15(20-16)13-3-2-8-21-13/h2-8H,9H2,1H3,(H,18,19). The second-order valence-corrected chi connectivity index (χ2v) is 5.66. The molecule has 0 radical (unpaired) electrons. The molecule has 0 unspecified atom stereocenters. The molecule has 106 valence electrons. The first-order chi connectivity index (χ1) is 10.1. The van der Waals surface area contributed by atoms with Gasteiger partial charge in [-0.1, -0.05) is 23.8 Å². The van der Waals surface area contributed by atoms with E-state index in [1.54, 1.807) is 0 Å². The molecule has 21 heavy (non-hydrogen) atoms. The topological polar surface area (TPSA) is 63.3 Å². The van der Waals surface area contributed by atoms with Crippen LogP contribution >= 0.6 is 11.3 Å². The van der Waals surface area contributed by atoms with Gasteiger partial charge < -0.3 is 9.52 Å². The molecule has 0 saturated carbocycles. The Bertz CT molecular complexity index is 757. The van der Waals surface area contributed by atoms with Gasteiger partial charge in [-0.15, -0.1) is 11.3 Å². The van der Waals surface area contributed by atoms with Gasteiger partial charge in [-0.2, -0.15) is 0 Å². The normalized spacial score (nSPS) is 10.7. The molecule has 0 amide bonds. The van der Waals surface area contributed by atoms with Crippen molar-refractivity contribution in [1.82, 2.24) is 4.98 Å². The first-order valence-electron chi connectivity index (χ1n) is 6.46. The van der Waals surface area contributed by atoms with Crippen molar-refractivity contribution >= 4 is 17.3 Å². The number of hydrogen-bond donors (Lipinski definition) is 1. The van der Waals surface area contributed by atoms with Crippen molar-refractivity contribution in [2.75, 3.05) is 0 Å². The predicted molar refractivity (Wildman–Crippen MR) is 81.3 cm³/mol. The molecule has 4 nitrogen and oxygen atoms in total. The van der Waals surface area contributed by atoms with Gasteiger partial charge in [0.05, 0.1) is 17.0 Å². The monoisotopic (exact) mass is 299 g/mol. The summed E-state index contributed by atoms with van der Waals surface area (Å²) < 4.78 is 5.82. The lowest BCUT2D eigenvalue weighted by Gasteiger charge is -1.96. The van der Waals surface area contributed by atoms with E-state index in [1.807, 2.05) is 48.7 Å². The van der Waals surface area contributed by atoms with Crippen molar-refractivity contribution in [2.24, 2.45) is 0 Å². The summed E-state index contributed by atoms with van der Waals surface area (Å²) in [5, 5.41) is 11.0. The van der Waals surface area contributed by atoms with Gasteiger partial charge in [-0.3, -0.25) is 4.79 Å². The zero-order valence-electron chi connectivity index (χ0n) is 11.4. The Morgan fingerprint density at radius 1 is 1.29 bits per heavy atom. The SMILES string of the molecule is Cc1ccc(-c2nc(CC(=O)O)c(-c3cccs3)o2)cc1. The third-order valence-corrected chi connectivity index (χ3v) is 3.93. The van der Waals surface area contributed by atoms with E-state index in [0.29, 0.717) is 17.3 Å². The third kappa shape index (κ3) is 2.87. The van der Waals surface area contributed by atoms with Gasteiger partial charge in [0.15, 0.2) is 5.76 Å². The van der Waals surface area contributed by atoms with Crippen LogP contribution in [0, 0.1) is 6.92 Å². The molecule has 1 N–H and O–H groups in total. The van der Waals surface area contributed by atoms with E-state index in [2.05, 4.69) is 4.98 Å². The summed E-state index contributed by atoms with van der Waals surface area (Å²) in [6.45, 7) is 2.01. The van der Waals surface area contributed by atoms with Crippen LogP contribution in [-0.4, -0.2) is 16.1 Å². The molecule has 2 aromatic heterocycles. The molecule has 3 aromatic rings. The number of aliphatic carboxylic acids is 1. The summed E-state index contributed by atoms with van der Waals surface area (Å²) in [6.07, 6.45) is -0.150. The van der Waals surface area contributed by atoms with Crippen LogP contribution in [0.4, 0.5) is 0 Å². The van der Waals surface area contributed by atoms with Gasteiger partial charge in [0.25, 0.3) is 0 Å². The highest BCUT2D eigenvalue weighted by atomic mass is 32.1. The van der Waals surface area contributed by atoms with Crippen molar-refractivity contribution in [1.29, 1.82) is 0 Å². The number of nitrogens with zero attached hydrogens (tertiary/aromatic N) is 1. The van der Waals surface area contributed by atoms with E-state index in [0.717, 1.165) is 16.0 Å². The summed E-state index contributed by atoms with van der Waals surface area (Å²) in [6, 6.07) is 11.6. The van der Waals surface area contributed by atoms with Crippen LogP contribution in [0.15, 0.2) is 46.2 Å². The molecule has 0 saturated heterocycles. The summed E-state index contributed by atoms with van der Waals surface area (Å²) >= 11 is 1.50. The first kappa shape index (κ1) is 13.6. The summed E-state index contributed by atoms with van der Waals surface area (Å²) in [7, 11) is 0. The number of aryl methyl sites for hydroxylation is 1. The predicted octanol–water partition coefficient (Wildman–Crippen LogP) is 4.01. The van der Waals surface area contributed by atoms with Gasteiger partial charge in [0.1, 0.15) is 0 Å². The highest BCUT2D eigenvalue weighted by Crippen LogP contribution is 2.32. The molecule has 0 bridgehead atoms. The maximum absolute atomic E-state index is 11.0. The molecular weight excluding hydrogens is 286 g/mol. The van der Waals surface area contributed by atoms with Crippen LogP contribution in [0.1, 0.15) is 11.3 Å². The molecule has 2 heterocycles. The maximum atomic E-state index is 11.0. The Morgan fingerprint density at radius 2 is 2.05 bits per heavy atom. The molecule has 0 aliphatic carbocycles. The van der Waals surface area contributed by atoms with Gasteiger partial charge in [0, 0.05) is 5.56 Å². The van der Waals surface area contributed by atoms with Crippen LogP contribution in [0.2, 0.25) is 0 Å². The van der Waals surface area contributed by atoms with Crippen molar-refractivity contribution in [2.45, 2.75) is 13.3 Å². The quantitative estimate of drug-likeness (QED) is 0.790. The second-order valence-electron chi connectivity index (χ2n) is 4.71. The van der Waals surface area contributed by atoms with Gasteiger partial charge in [-0.25, -0.2) is 4.98 Å². The first-order valence-corrected chi connectivity index (χ1v) is 7.34. The second kappa shape index (κ2) is 5.54. The Labute approximate surface area is 125 Å². The van der Waals surface area contributed by atoms with E-state index in [-0.39, 0.29) is 6.42 Å². The van der Waals surface area contributed by atoms with Crippen molar-refractivity contribution < 1.29 is 14.3 Å². The minimum absolute atomic E-state index is 0.150. The molecule has 5 heteroatoms. The average Bonchev–Trinajstić information content (AvgIpc) is 3.08. The van der Waals surface area contributed by atoms with Crippen molar-refractivity contribution in [3.63, 3.8) is 0 Å². The zero-order chi connectivity index (χ0) is 14.8. The van der Waals surface area contributed by atoms with Crippen molar-refractivity contribution in [3.05, 3.63) is 53.0 Å². The molecule has 0 aliphatic heterocycles. The van der Waals surface area contributed by atoms with Crippen LogP contribution in [0.3, 0.4) is 0 Å². The van der Waals surface area contributed by atoms with E-state index in [4.69, 9.17) is 9.52 Å². The molecule has 0 aliphatic rings. The fourth-order valence-corrected chi connectivity index (χ4v) is 2.76. The number of rotatable bonds is 4. The zero-order valence-corrected chi connectivity index (χ0v) is 12.2. The minimum Gasteiger partial charge on any atom is -0.481 e. The molecule has 0 atom stereocenters. The van der Waals surface area contributed by atoms with Crippen LogP contribution in [0.5, 0.6) is 0 Å². The van der Waals surface area contributed by atoms with Crippen LogP contribution in [-0.2, 0) is 11.2 Å². The lowest BCUT2D eigenvalue weighted by atomic mass is 10.1. The van der Waals surface area contributed by atoms with E-state index in [1.165, 1.54) is 11.3 Å². The van der Waals surface area contributed by atoms with Crippen molar-refractivity contribution in [3.8, 4) is 22.1 Å². The number of aromatic nitrogens is 1. The Kier molecular flexibility index (Phi) is 3.58. The number of thiophene rings is 1. The Morgan fingerprint density at radius 3 is 2.67 bits per heavy atom. The lowest BCUT2D eigenvalue weighted by Crippen LogP contribution is -2.01. The fraction of sp³-hybridized carbons (Fsp3) is 0.125. The smallest absolute Gasteiger partial charge is 0.309 e. The van der Waals surface area contributed by atoms with E-state index >= 15 is 0 Å².